The summed E-state index contributed by atoms with van der Waals surface area (Å²) < 4.78 is 18.2. The van der Waals surface area contributed by atoms with Gasteiger partial charge in [-0.15, -0.1) is 0 Å². The maximum Gasteiger partial charge on any atom is 0.341 e. The van der Waals surface area contributed by atoms with E-state index < -0.39 is 24.2 Å². The number of methoxy groups -OCH3 is 1. The number of carboxylic acid groups (broad SMARTS) is 1. The van der Waals surface area contributed by atoms with E-state index in [1.165, 1.54) is 14.0 Å². The van der Waals surface area contributed by atoms with Gasteiger partial charge < -0.3 is 24.6 Å². The lowest BCUT2D eigenvalue weighted by Crippen LogP contribution is -2.50. The van der Waals surface area contributed by atoms with Crippen LogP contribution in [0.15, 0.2) is 40.9 Å². The molecule has 0 saturated carbocycles. The SMILES string of the molecule is COc1cc(Br)cc([C@H]2C[C@](C)(NC(C)=O)C[C@@H](c3cccc(Cl)c3)O2)c1OCC(=O)O. The first-order chi connectivity index (χ1) is 15.1. The summed E-state index contributed by atoms with van der Waals surface area (Å²) in [6.07, 6.45) is 0.119. The number of ether oxygens (including phenoxy) is 3. The molecule has 1 amide bonds. The van der Waals surface area contributed by atoms with Crippen LogP contribution < -0.4 is 14.8 Å². The van der Waals surface area contributed by atoms with Crippen molar-refractivity contribution in [3.63, 3.8) is 0 Å². The molecule has 1 heterocycles. The van der Waals surface area contributed by atoms with Gasteiger partial charge in [0.05, 0.1) is 19.3 Å². The van der Waals surface area contributed by atoms with Crippen molar-refractivity contribution in [2.45, 2.75) is 44.4 Å². The monoisotopic (exact) mass is 525 g/mol. The molecule has 1 fully saturated rings. The molecule has 1 saturated heterocycles. The van der Waals surface area contributed by atoms with Gasteiger partial charge in [-0.25, -0.2) is 4.79 Å². The summed E-state index contributed by atoms with van der Waals surface area (Å²) in [5, 5.41) is 12.8. The number of rotatable bonds is 7. The largest absolute Gasteiger partial charge is 0.493 e. The highest BCUT2D eigenvalue weighted by Crippen LogP contribution is 2.48. The first-order valence-electron chi connectivity index (χ1n) is 10.0. The Morgan fingerprint density at radius 3 is 2.62 bits per heavy atom. The smallest absolute Gasteiger partial charge is 0.341 e. The van der Waals surface area contributed by atoms with E-state index in [1.807, 2.05) is 31.2 Å². The summed E-state index contributed by atoms with van der Waals surface area (Å²) in [7, 11) is 1.48. The molecule has 0 spiro atoms. The van der Waals surface area contributed by atoms with E-state index >= 15 is 0 Å². The van der Waals surface area contributed by atoms with Crippen LogP contribution in [0.3, 0.4) is 0 Å². The predicted octanol–water partition coefficient (Wildman–Crippen LogP) is 5.06. The molecular weight excluding hydrogens is 502 g/mol. The molecule has 32 heavy (non-hydrogen) atoms. The Hall–Kier alpha value is -2.29. The van der Waals surface area contributed by atoms with Crippen LogP contribution in [0.25, 0.3) is 0 Å². The van der Waals surface area contributed by atoms with Crippen LogP contribution in [0.2, 0.25) is 5.02 Å². The molecule has 2 aromatic rings. The maximum absolute atomic E-state index is 12.0. The quantitative estimate of drug-likeness (QED) is 0.524. The summed E-state index contributed by atoms with van der Waals surface area (Å²) in [6, 6.07) is 10.9. The zero-order valence-electron chi connectivity index (χ0n) is 18.0. The Labute approximate surface area is 200 Å². The summed E-state index contributed by atoms with van der Waals surface area (Å²) >= 11 is 9.68. The highest BCUT2D eigenvalue weighted by molar-refractivity contribution is 9.10. The van der Waals surface area contributed by atoms with Gasteiger partial charge in [0, 0.05) is 40.4 Å². The minimum absolute atomic E-state index is 0.146. The summed E-state index contributed by atoms with van der Waals surface area (Å²) in [4.78, 5) is 23.1. The third kappa shape index (κ3) is 5.94. The van der Waals surface area contributed by atoms with Crippen molar-refractivity contribution in [2.75, 3.05) is 13.7 Å². The Morgan fingerprint density at radius 1 is 1.28 bits per heavy atom. The van der Waals surface area contributed by atoms with Crippen LogP contribution in [0.5, 0.6) is 11.5 Å². The molecule has 3 rings (SSSR count). The molecule has 1 aliphatic heterocycles. The van der Waals surface area contributed by atoms with Crippen molar-refractivity contribution < 1.29 is 28.9 Å². The minimum atomic E-state index is -1.11. The molecule has 1 aliphatic rings. The van der Waals surface area contributed by atoms with Crippen LogP contribution >= 0.6 is 27.5 Å². The summed E-state index contributed by atoms with van der Waals surface area (Å²) in [5.41, 5.74) is 0.927. The molecule has 2 N–H and O–H groups in total. The molecule has 7 nitrogen and oxygen atoms in total. The van der Waals surface area contributed by atoms with Crippen molar-refractivity contribution in [3.8, 4) is 11.5 Å². The van der Waals surface area contributed by atoms with E-state index in [9.17, 15) is 9.59 Å². The van der Waals surface area contributed by atoms with Crippen molar-refractivity contribution in [3.05, 3.63) is 57.0 Å². The highest BCUT2D eigenvalue weighted by Gasteiger charge is 2.41. The lowest BCUT2D eigenvalue weighted by atomic mass is 9.81. The van der Waals surface area contributed by atoms with Crippen LogP contribution in [0.4, 0.5) is 0 Å². The number of nitrogens with one attached hydrogen (secondary N) is 1. The van der Waals surface area contributed by atoms with Crippen LogP contribution in [-0.4, -0.2) is 36.2 Å². The normalized spacial score (nSPS) is 22.8. The average molecular weight is 527 g/mol. The second-order valence-corrected chi connectivity index (χ2v) is 9.38. The maximum atomic E-state index is 12.0. The first-order valence-corrected chi connectivity index (χ1v) is 11.2. The first kappa shape index (κ1) is 24.4. The Bertz CT molecular complexity index is 1020. The Morgan fingerprint density at radius 2 is 2.00 bits per heavy atom. The molecule has 2 aromatic carbocycles. The molecule has 172 valence electrons. The van der Waals surface area contributed by atoms with Crippen molar-refractivity contribution in [2.24, 2.45) is 0 Å². The average Bonchev–Trinajstić information content (AvgIpc) is 2.70. The number of hydrogen-bond donors (Lipinski definition) is 2. The van der Waals surface area contributed by atoms with Crippen molar-refractivity contribution in [1.82, 2.24) is 5.32 Å². The lowest BCUT2D eigenvalue weighted by Gasteiger charge is -2.43. The molecule has 0 unspecified atom stereocenters. The van der Waals surface area contributed by atoms with Crippen molar-refractivity contribution in [1.29, 1.82) is 0 Å². The van der Waals surface area contributed by atoms with Gasteiger partial charge in [0.2, 0.25) is 5.91 Å². The molecular formula is C23H25BrClNO6. The van der Waals surface area contributed by atoms with E-state index in [0.29, 0.717) is 34.9 Å². The number of amides is 1. The third-order valence-electron chi connectivity index (χ3n) is 5.25. The molecule has 0 radical (unpaired) electrons. The minimum Gasteiger partial charge on any atom is -0.493 e. The standard InChI is InChI=1S/C23H25BrClNO6/c1-13(27)26-23(2)10-19(14-5-4-6-16(25)7-14)32-20(11-23)17-8-15(24)9-18(30-3)22(17)31-12-21(28)29/h4-9,19-20H,10-12H2,1-3H3,(H,26,27)(H,28,29)/t19-,20+,23+/m0/s1. The lowest BCUT2D eigenvalue weighted by molar-refractivity contribution is -0.139. The second-order valence-electron chi connectivity index (χ2n) is 8.03. The number of carbonyl (C=O) groups is 2. The van der Waals surface area contributed by atoms with Crippen LogP contribution in [0, 0.1) is 0 Å². The van der Waals surface area contributed by atoms with Crippen LogP contribution in [-0.2, 0) is 14.3 Å². The van der Waals surface area contributed by atoms with Gasteiger partial charge in [-0.1, -0.05) is 39.7 Å². The number of aliphatic carboxylic acids is 1. The molecule has 0 aliphatic carbocycles. The van der Waals surface area contributed by atoms with Crippen molar-refractivity contribution >= 4 is 39.4 Å². The number of benzene rings is 2. The van der Waals surface area contributed by atoms with Gasteiger partial charge in [-0.3, -0.25) is 4.79 Å². The fraction of sp³-hybridized carbons (Fsp3) is 0.391. The van der Waals surface area contributed by atoms with Gasteiger partial charge >= 0.3 is 5.97 Å². The number of halogens is 2. The molecule has 9 heteroatoms. The van der Waals surface area contributed by atoms with E-state index in [-0.39, 0.29) is 12.0 Å². The Kier molecular flexibility index (Phi) is 7.69. The number of carboxylic acids is 1. The summed E-state index contributed by atoms with van der Waals surface area (Å²) in [6.45, 7) is 2.92. The topological polar surface area (TPSA) is 94.1 Å². The van der Waals surface area contributed by atoms with E-state index in [4.69, 9.17) is 30.9 Å². The molecule has 0 bridgehead atoms. The van der Waals surface area contributed by atoms with Gasteiger partial charge in [0.15, 0.2) is 18.1 Å². The fourth-order valence-corrected chi connectivity index (χ4v) is 4.73. The number of carbonyl (C=O) groups excluding carboxylic acids is 1. The van der Waals surface area contributed by atoms with Gasteiger partial charge in [-0.2, -0.15) is 0 Å². The van der Waals surface area contributed by atoms with Crippen LogP contribution in [0.1, 0.15) is 50.0 Å². The second kappa shape index (κ2) is 10.1. The van der Waals surface area contributed by atoms with E-state index in [2.05, 4.69) is 21.2 Å². The number of hydrogen-bond acceptors (Lipinski definition) is 5. The van der Waals surface area contributed by atoms with E-state index in [0.717, 1.165) is 10.0 Å². The third-order valence-corrected chi connectivity index (χ3v) is 5.95. The molecule has 0 aromatic heterocycles. The van der Waals surface area contributed by atoms with Gasteiger partial charge in [-0.05, 0) is 36.8 Å². The zero-order chi connectivity index (χ0) is 23.5. The zero-order valence-corrected chi connectivity index (χ0v) is 20.3. The van der Waals surface area contributed by atoms with E-state index in [1.54, 1.807) is 12.1 Å². The molecule has 3 atom stereocenters. The predicted molar refractivity (Wildman–Crippen MR) is 123 cm³/mol. The summed E-state index contributed by atoms with van der Waals surface area (Å²) in [5.74, 6) is -0.581. The van der Waals surface area contributed by atoms with Gasteiger partial charge in [0.25, 0.3) is 0 Å². The van der Waals surface area contributed by atoms with Gasteiger partial charge in [0.1, 0.15) is 0 Å². The highest BCUT2D eigenvalue weighted by atomic mass is 79.9. The Balaban J connectivity index is 2.07. The fourth-order valence-electron chi connectivity index (χ4n) is 4.08.